The molecule has 1 aromatic carbocycles. The van der Waals surface area contributed by atoms with Crippen LogP contribution in [0.5, 0.6) is 0 Å². The predicted molar refractivity (Wildman–Crippen MR) is 98.9 cm³/mol. The molecule has 0 saturated carbocycles. The summed E-state index contributed by atoms with van der Waals surface area (Å²) in [5.74, 6) is 0.170. The van der Waals surface area contributed by atoms with Crippen LogP contribution in [0, 0.1) is 0 Å². The Kier molecular flexibility index (Phi) is 7.40. The fourth-order valence-electron chi connectivity index (χ4n) is 3.05. The van der Waals surface area contributed by atoms with E-state index in [1.165, 1.54) is 4.31 Å². The quantitative estimate of drug-likeness (QED) is 0.792. The normalized spacial score (nSPS) is 16.0. The molecule has 140 valence electrons. The molecule has 0 aliphatic carbocycles. The monoisotopic (exact) mass is 367 g/mol. The lowest BCUT2D eigenvalue weighted by atomic mass is 10.1. The number of aryl methyl sites for hydroxylation is 1. The second-order valence-electron chi connectivity index (χ2n) is 6.22. The minimum atomic E-state index is -3.42. The number of sulfonamides is 1. The number of carbonyl (C=O) groups excluding carboxylic acids is 1. The highest BCUT2D eigenvalue weighted by Crippen LogP contribution is 2.17. The summed E-state index contributed by atoms with van der Waals surface area (Å²) < 4.78 is 26.4. The lowest BCUT2D eigenvalue weighted by Crippen LogP contribution is -2.34. The number of carbonyl (C=O) groups is 1. The SMILES string of the molecule is CCN(CC)S(=O)(=O)c1ccc(CCC(=O)N2CCCNCC2)cc1. The van der Waals surface area contributed by atoms with Crippen LogP contribution < -0.4 is 5.32 Å². The van der Waals surface area contributed by atoms with E-state index in [1.54, 1.807) is 12.1 Å². The van der Waals surface area contributed by atoms with Crippen molar-refractivity contribution in [1.82, 2.24) is 14.5 Å². The highest BCUT2D eigenvalue weighted by atomic mass is 32.2. The Morgan fingerprint density at radius 3 is 2.44 bits per heavy atom. The van der Waals surface area contributed by atoms with E-state index in [9.17, 15) is 13.2 Å². The van der Waals surface area contributed by atoms with Gasteiger partial charge >= 0.3 is 0 Å². The van der Waals surface area contributed by atoms with Crippen LogP contribution in [-0.4, -0.2) is 62.8 Å². The van der Waals surface area contributed by atoms with Gasteiger partial charge in [-0.3, -0.25) is 4.79 Å². The van der Waals surface area contributed by atoms with Crippen molar-refractivity contribution in [2.45, 2.75) is 38.0 Å². The van der Waals surface area contributed by atoms with Crippen LogP contribution in [-0.2, 0) is 21.2 Å². The van der Waals surface area contributed by atoms with E-state index in [1.807, 2.05) is 30.9 Å². The number of nitrogens with one attached hydrogen (secondary N) is 1. The van der Waals surface area contributed by atoms with Gasteiger partial charge in [0.25, 0.3) is 0 Å². The largest absolute Gasteiger partial charge is 0.341 e. The Balaban J connectivity index is 1.95. The molecule has 0 aromatic heterocycles. The van der Waals surface area contributed by atoms with Crippen LogP contribution in [0.2, 0.25) is 0 Å². The molecule has 1 aliphatic rings. The topological polar surface area (TPSA) is 69.7 Å². The standard InChI is InChI=1S/C18H29N3O3S/c1-3-21(4-2)25(23,24)17-9-6-16(7-10-17)8-11-18(22)20-14-5-12-19-13-15-20/h6-7,9-10,19H,3-5,8,11-15H2,1-2H3. The Hall–Kier alpha value is -1.44. The molecule has 0 bridgehead atoms. The summed E-state index contributed by atoms with van der Waals surface area (Å²) in [5.41, 5.74) is 0.986. The molecule has 25 heavy (non-hydrogen) atoms. The molecule has 0 spiro atoms. The minimum Gasteiger partial charge on any atom is -0.341 e. The number of amides is 1. The van der Waals surface area contributed by atoms with Crippen molar-refractivity contribution in [3.63, 3.8) is 0 Å². The summed E-state index contributed by atoms with van der Waals surface area (Å²) in [7, 11) is -3.42. The Bertz CT molecular complexity index is 647. The van der Waals surface area contributed by atoms with Gasteiger partial charge in [0.2, 0.25) is 15.9 Å². The third-order valence-corrected chi connectivity index (χ3v) is 6.65. The number of hydrogen-bond acceptors (Lipinski definition) is 4. The minimum absolute atomic E-state index is 0.170. The Labute approximate surface area is 151 Å². The predicted octanol–water partition coefficient (Wildman–Crippen LogP) is 1.47. The smallest absolute Gasteiger partial charge is 0.243 e. The number of hydrogen-bond donors (Lipinski definition) is 1. The molecule has 7 heteroatoms. The second kappa shape index (κ2) is 9.31. The van der Waals surface area contributed by atoms with E-state index in [4.69, 9.17) is 0 Å². The first-order valence-electron chi connectivity index (χ1n) is 9.06. The molecule has 2 rings (SSSR count). The average molecular weight is 368 g/mol. The van der Waals surface area contributed by atoms with Gasteiger partial charge in [0, 0.05) is 39.1 Å². The molecular formula is C18H29N3O3S. The van der Waals surface area contributed by atoms with Crippen molar-refractivity contribution >= 4 is 15.9 Å². The number of benzene rings is 1. The maximum absolute atomic E-state index is 12.5. The van der Waals surface area contributed by atoms with E-state index >= 15 is 0 Å². The van der Waals surface area contributed by atoms with Crippen LogP contribution in [0.1, 0.15) is 32.3 Å². The molecule has 0 radical (unpaired) electrons. The van der Waals surface area contributed by atoms with Crippen LogP contribution in [0.4, 0.5) is 0 Å². The van der Waals surface area contributed by atoms with Gasteiger partial charge in [-0.05, 0) is 37.1 Å². The summed E-state index contributed by atoms with van der Waals surface area (Å²) in [6.45, 7) is 7.97. The molecule has 1 aromatic rings. The van der Waals surface area contributed by atoms with Crippen molar-refractivity contribution in [2.75, 3.05) is 39.3 Å². The van der Waals surface area contributed by atoms with Gasteiger partial charge in [-0.1, -0.05) is 26.0 Å². The first-order valence-corrected chi connectivity index (χ1v) is 10.5. The van der Waals surface area contributed by atoms with Crippen molar-refractivity contribution in [2.24, 2.45) is 0 Å². The molecule has 1 aliphatic heterocycles. The molecule has 1 heterocycles. The average Bonchev–Trinajstić information content (AvgIpc) is 2.90. The first kappa shape index (κ1) is 19.9. The molecule has 6 nitrogen and oxygen atoms in total. The van der Waals surface area contributed by atoms with Crippen LogP contribution >= 0.6 is 0 Å². The Morgan fingerprint density at radius 2 is 1.80 bits per heavy atom. The van der Waals surface area contributed by atoms with Gasteiger partial charge in [-0.25, -0.2) is 8.42 Å². The molecule has 1 fully saturated rings. The van der Waals surface area contributed by atoms with Gasteiger partial charge in [-0.2, -0.15) is 4.31 Å². The Morgan fingerprint density at radius 1 is 1.12 bits per heavy atom. The van der Waals surface area contributed by atoms with Gasteiger partial charge < -0.3 is 10.2 Å². The molecular weight excluding hydrogens is 338 g/mol. The van der Waals surface area contributed by atoms with Crippen molar-refractivity contribution in [3.8, 4) is 0 Å². The summed E-state index contributed by atoms with van der Waals surface area (Å²) in [6.07, 6.45) is 2.08. The zero-order valence-corrected chi connectivity index (χ0v) is 16.0. The van der Waals surface area contributed by atoms with Crippen molar-refractivity contribution in [1.29, 1.82) is 0 Å². The zero-order valence-electron chi connectivity index (χ0n) is 15.2. The van der Waals surface area contributed by atoms with E-state index in [2.05, 4.69) is 5.32 Å². The zero-order chi connectivity index (χ0) is 18.3. The molecule has 0 unspecified atom stereocenters. The lowest BCUT2D eigenvalue weighted by Gasteiger charge is -2.20. The van der Waals surface area contributed by atoms with E-state index in [0.29, 0.717) is 30.8 Å². The first-order chi connectivity index (χ1) is 12.0. The van der Waals surface area contributed by atoms with E-state index < -0.39 is 10.0 Å². The van der Waals surface area contributed by atoms with Crippen LogP contribution in [0.15, 0.2) is 29.2 Å². The van der Waals surface area contributed by atoms with E-state index in [0.717, 1.165) is 38.2 Å². The van der Waals surface area contributed by atoms with Gasteiger partial charge in [0.05, 0.1) is 4.90 Å². The maximum Gasteiger partial charge on any atom is 0.243 e. The van der Waals surface area contributed by atoms with Gasteiger partial charge in [0.15, 0.2) is 0 Å². The molecule has 1 N–H and O–H groups in total. The third kappa shape index (κ3) is 5.26. The number of nitrogens with zero attached hydrogens (tertiary/aromatic N) is 2. The number of rotatable bonds is 7. The molecule has 0 atom stereocenters. The summed E-state index contributed by atoms with van der Waals surface area (Å²) in [6, 6.07) is 6.91. The van der Waals surface area contributed by atoms with Gasteiger partial charge in [-0.15, -0.1) is 0 Å². The highest BCUT2D eigenvalue weighted by molar-refractivity contribution is 7.89. The summed E-state index contributed by atoms with van der Waals surface area (Å²) >= 11 is 0. The van der Waals surface area contributed by atoms with E-state index in [-0.39, 0.29) is 5.91 Å². The third-order valence-electron chi connectivity index (χ3n) is 4.59. The van der Waals surface area contributed by atoms with Crippen molar-refractivity contribution in [3.05, 3.63) is 29.8 Å². The van der Waals surface area contributed by atoms with Crippen LogP contribution in [0.25, 0.3) is 0 Å². The maximum atomic E-state index is 12.5. The van der Waals surface area contributed by atoms with Gasteiger partial charge in [0.1, 0.15) is 0 Å². The fourth-order valence-corrected chi connectivity index (χ4v) is 4.50. The fraction of sp³-hybridized carbons (Fsp3) is 0.611. The highest BCUT2D eigenvalue weighted by Gasteiger charge is 2.21. The lowest BCUT2D eigenvalue weighted by molar-refractivity contribution is -0.130. The molecule has 1 amide bonds. The summed E-state index contributed by atoms with van der Waals surface area (Å²) in [5, 5.41) is 3.29. The second-order valence-corrected chi connectivity index (χ2v) is 8.16. The molecule has 1 saturated heterocycles. The summed E-state index contributed by atoms with van der Waals surface area (Å²) in [4.78, 5) is 14.5. The van der Waals surface area contributed by atoms with Crippen LogP contribution in [0.3, 0.4) is 0 Å². The van der Waals surface area contributed by atoms with Crippen molar-refractivity contribution < 1.29 is 13.2 Å².